The number of benzene rings is 1. The minimum absolute atomic E-state index is 0.101. The van der Waals surface area contributed by atoms with E-state index in [9.17, 15) is 4.79 Å². The normalized spacial score (nSPS) is 44.3. The van der Waals surface area contributed by atoms with Crippen molar-refractivity contribution < 1.29 is 9.53 Å². The van der Waals surface area contributed by atoms with Gasteiger partial charge in [-0.1, -0.05) is 44.2 Å². The Labute approximate surface area is 169 Å². The summed E-state index contributed by atoms with van der Waals surface area (Å²) in [7, 11) is 0. The first-order chi connectivity index (χ1) is 13.5. The third kappa shape index (κ3) is 2.86. The molecule has 3 unspecified atom stereocenters. The van der Waals surface area contributed by atoms with Crippen molar-refractivity contribution in [1.82, 2.24) is 0 Å². The van der Waals surface area contributed by atoms with Gasteiger partial charge in [-0.25, -0.2) is 4.79 Å². The Hall–Kier alpha value is -1.57. The molecule has 0 heterocycles. The van der Waals surface area contributed by atoms with Crippen LogP contribution in [-0.4, -0.2) is 12.1 Å². The molecule has 5 rings (SSSR count). The van der Waals surface area contributed by atoms with E-state index < -0.39 is 0 Å². The van der Waals surface area contributed by atoms with Gasteiger partial charge in [-0.05, 0) is 98.0 Å². The van der Waals surface area contributed by atoms with Gasteiger partial charge in [-0.3, -0.25) is 0 Å². The van der Waals surface area contributed by atoms with Crippen LogP contribution in [0.15, 0.2) is 42.5 Å². The summed E-state index contributed by atoms with van der Waals surface area (Å²) >= 11 is 0. The van der Waals surface area contributed by atoms with Crippen LogP contribution in [0.3, 0.4) is 0 Å². The summed E-state index contributed by atoms with van der Waals surface area (Å²) in [5.41, 5.74) is 1.59. The molecule has 0 radical (unpaired) electrons. The standard InChI is InChI=1S/C26H34O2/c1-25-14-6-9-22(25)21-11-10-19-17-20(12-16-26(19,2)23(21)13-15-25)28-24(27)18-7-4-3-5-8-18/h3-8,14,19-23H,9-13,15-17H2,1-2H3/t19-,20+,21?,22?,23?,25-,26-/m1/s1. The van der Waals surface area contributed by atoms with E-state index >= 15 is 0 Å². The van der Waals surface area contributed by atoms with Crippen molar-refractivity contribution in [2.45, 2.75) is 71.3 Å². The number of carbonyl (C=O) groups is 1. The summed E-state index contributed by atoms with van der Waals surface area (Å²) in [6.45, 7) is 5.08. The molecule has 4 aliphatic carbocycles. The van der Waals surface area contributed by atoms with E-state index in [-0.39, 0.29) is 12.1 Å². The maximum atomic E-state index is 12.5. The smallest absolute Gasteiger partial charge is 0.338 e. The highest BCUT2D eigenvalue weighted by Crippen LogP contribution is 2.65. The summed E-state index contributed by atoms with van der Waals surface area (Å²) < 4.78 is 5.94. The van der Waals surface area contributed by atoms with Crippen LogP contribution in [0.25, 0.3) is 0 Å². The van der Waals surface area contributed by atoms with Crippen molar-refractivity contribution >= 4 is 5.97 Å². The first-order valence-corrected chi connectivity index (χ1v) is 11.4. The largest absolute Gasteiger partial charge is 0.459 e. The van der Waals surface area contributed by atoms with Gasteiger partial charge in [-0.15, -0.1) is 0 Å². The van der Waals surface area contributed by atoms with E-state index in [4.69, 9.17) is 4.74 Å². The van der Waals surface area contributed by atoms with Crippen LogP contribution in [0.2, 0.25) is 0 Å². The zero-order valence-electron chi connectivity index (χ0n) is 17.4. The van der Waals surface area contributed by atoms with Gasteiger partial charge in [0.2, 0.25) is 0 Å². The van der Waals surface area contributed by atoms with Crippen molar-refractivity contribution in [2.24, 2.45) is 34.5 Å². The number of allylic oxidation sites excluding steroid dienone is 2. The molecule has 2 nitrogen and oxygen atoms in total. The second-order valence-corrected chi connectivity index (χ2v) is 10.5. The molecular formula is C26H34O2. The van der Waals surface area contributed by atoms with Crippen molar-refractivity contribution in [1.29, 1.82) is 0 Å². The summed E-state index contributed by atoms with van der Waals surface area (Å²) in [4.78, 5) is 12.5. The highest BCUT2D eigenvalue weighted by molar-refractivity contribution is 5.89. The molecule has 0 spiro atoms. The maximum absolute atomic E-state index is 12.5. The van der Waals surface area contributed by atoms with Gasteiger partial charge in [0.05, 0.1) is 5.56 Å². The monoisotopic (exact) mass is 378 g/mol. The maximum Gasteiger partial charge on any atom is 0.338 e. The molecular weight excluding hydrogens is 344 g/mol. The molecule has 0 bridgehead atoms. The van der Waals surface area contributed by atoms with E-state index in [0.717, 1.165) is 36.5 Å². The lowest BCUT2D eigenvalue weighted by atomic mass is 9.45. The van der Waals surface area contributed by atoms with Crippen LogP contribution in [0.1, 0.15) is 75.6 Å². The molecule has 7 atom stereocenters. The quantitative estimate of drug-likeness (QED) is 0.438. The summed E-state index contributed by atoms with van der Waals surface area (Å²) in [6, 6.07) is 9.47. The fourth-order valence-electron chi connectivity index (χ4n) is 7.60. The van der Waals surface area contributed by atoms with Gasteiger partial charge in [0.15, 0.2) is 0 Å². The van der Waals surface area contributed by atoms with Gasteiger partial charge in [0, 0.05) is 0 Å². The van der Waals surface area contributed by atoms with Crippen molar-refractivity contribution in [3.63, 3.8) is 0 Å². The van der Waals surface area contributed by atoms with E-state index in [2.05, 4.69) is 26.0 Å². The molecule has 0 saturated heterocycles. The highest BCUT2D eigenvalue weighted by atomic mass is 16.5. The van der Waals surface area contributed by atoms with Crippen LogP contribution in [0, 0.1) is 34.5 Å². The number of hydrogen-bond acceptors (Lipinski definition) is 2. The van der Waals surface area contributed by atoms with Crippen LogP contribution >= 0.6 is 0 Å². The Kier molecular flexibility index (Phi) is 4.45. The summed E-state index contributed by atoms with van der Waals surface area (Å²) in [5, 5.41) is 0. The van der Waals surface area contributed by atoms with E-state index in [0.29, 0.717) is 16.4 Å². The zero-order valence-corrected chi connectivity index (χ0v) is 17.4. The Morgan fingerprint density at radius 2 is 1.82 bits per heavy atom. The van der Waals surface area contributed by atoms with Crippen LogP contribution in [0.5, 0.6) is 0 Å². The van der Waals surface area contributed by atoms with Gasteiger partial charge < -0.3 is 4.74 Å². The third-order valence-electron chi connectivity index (χ3n) is 9.23. The number of rotatable bonds is 2. The minimum Gasteiger partial charge on any atom is -0.459 e. The Morgan fingerprint density at radius 1 is 1.00 bits per heavy atom. The molecule has 1 aromatic rings. The molecule has 1 aromatic carbocycles. The predicted molar refractivity (Wildman–Crippen MR) is 112 cm³/mol. The van der Waals surface area contributed by atoms with Crippen LogP contribution in [-0.2, 0) is 4.74 Å². The average Bonchev–Trinajstić information content (AvgIpc) is 3.11. The molecule has 28 heavy (non-hydrogen) atoms. The second-order valence-electron chi connectivity index (χ2n) is 10.5. The van der Waals surface area contributed by atoms with E-state index in [1.54, 1.807) is 0 Å². The highest BCUT2D eigenvalue weighted by Gasteiger charge is 2.57. The molecule has 3 saturated carbocycles. The number of fused-ring (bicyclic) bond motifs is 5. The Morgan fingerprint density at radius 3 is 2.64 bits per heavy atom. The topological polar surface area (TPSA) is 26.3 Å². The summed E-state index contributed by atoms with van der Waals surface area (Å²) in [5.74, 6) is 3.22. The van der Waals surface area contributed by atoms with E-state index in [1.165, 1.54) is 38.5 Å². The molecule has 150 valence electrons. The number of esters is 1. The van der Waals surface area contributed by atoms with Gasteiger partial charge >= 0.3 is 5.97 Å². The Balaban J connectivity index is 1.28. The molecule has 2 heteroatoms. The van der Waals surface area contributed by atoms with Crippen LogP contribution in [0.4, 0.5) is 0 Å². The second kappa shape index (κ2) is 6.75. The molecule has 0 aromatic heterocycles. The van der Waals surface area contributed by atoms with Crippen molar-refractivity contribution in [2.75, 3.05) is 0 Å². The minimum atomic E-state index is -0.145. The Bertz CT molecular complexity index is 768. The molecule has 0 N–H and O–H groups in total. The van der Waals surface area contributed by atoms with Crippen molar-refractivity contribution in [3.05, 3.63) is 48.0 Å². The fraction of sp³-hybridized carbons (Fsp3) is 0.654. The SMILES string of the molecule is C[C@@]12CC[C@H](OC(=O)c3ccccc3)C[C@H]1CCC1C2CC[C@@]2(C)C=CCC12. The zero-order chi connectivity index (χ0) is 19.4. The molecule has 4 aliphatic rings. The first-order valence-electron chi connectivity index (χ1n) is 11.4. The lowest BCUT2D eigenvalue weighted by Gasteiger charge is -2.60. The van der Waals surface area contributed by atoms with Gasteiger partial charge in [0.25, 0.3) is 0 Å². The van der Waals surface area contributed by atoms with E-state index in [1.807, 2.05) is 30.3 Å². The van der Waals surface area contributed by atoms with Gasteiger partial charge in [0.1, 0.15) is 6.10 Å². The molecule has 0 aliphatic heterocycles. The van der Waals surface area contributed by atoms with Gasteiger partial charge in [-0.2, -0.15) is 0 Å². The molecule has 3 fully saturated rings. The van der Waals surface area contributed by atoms with Crippen molar-refractivity contribution in [3.8, 4) is 0 Å². The van der Waals surface area contributed by atoms with Crippen LogP contribution < -0.4 is 0 Å². The lowest BCUT2D eigenvalue weighted by molar-refractivity contribution is -0.118. The number of carbonyl (C=O) groups excluding carboxylic acids is 1. The fourth-order valence-corrected chi connectivity index (χ4v) is 7.60. The number of ether oxygens (including phenoxy) is 1. The first kappa shape index (κ1) is 18.5. The average molecular weight is 379 g/mol. The molecule has 0 amide bonds. The summed E-state index contributed by atoms with van der Waals surface area (Å²) in [6.07, 6.45) is 15.2. The predicted octanol–water partition coefficient (Wildman–Crippen LogP) is 6.42. The number of hydrogen-bond donors (Lipinski definition) is 0. The lowest BCUT2D eigenvalue weighted by Crippen LogP contribution is -2.53. The third-order valence-corrected chi connectivity index (χ3v) is 9.23.